The first-order chi connectivity index (χ1) is 45.2. The second-order valence-corrected chi connectivity index (χ2v) is 25.1. The third kappa shape index (κ3) is 6.49. The Hall–Kier alpha value is -11.9. The maximum atomic E-state index is 7.74. The van der Waals surface area contributed by atoms with Gasteiger partial charge in [-0.05, 0) is 128 Å². The number of hydrogen-bond donors (Lipinski definition) is 0. The van der Waals surface area contributed by atoms with Crippen LogP contribution in [0.5, 0.6) is 11.5 Å². The van der Waals surface area contributed by atoms with Crippen molar-refractivity contribution < 1.29 is 4.74 Å². The third-order valence-electron chi connectivity index (χ3n) is 20.7. The summed E-state index contributed by atoms with van der Waals surface area (Å²) in [6, 6.07) is 105. The van der Waals surface area contributed by atoms with Crippen LogP contribution in [0, 0.1) is 0 Å². The minimum atomic E-state index is -0.954. The van der Waals surface area contributed by atoms with E-state index in [-0.39, 0.29) is 11.8 Å². The molecule has 0 bridgehead atoms. The van der Waals surface area contributed by atoms with Crippen molar-refractivity contribution in [3.05, 3.63) is 353 Å². The van der Waals surface area contributed by atoms with E-state index in [1.807, 2.05) is 0 Å². The Morgan fingerprint density at radius 1 is 0.275 bits per heavy atom. The van der Waals surface area contributed by atoms with E-state index >= 15 is 0 Å². The van der Waals surface area contributed by atoms with Crippen LogP contribution >= 0.6 is 0 Å². The molecular weight excluding hydrogens is 1110 g/mol. The zero-order valence-corrected chi connectivity index (χ0v) is 49.1. The van der Waals surface area contributed by atoms with E-state index in [2.05, 4.69) is 311 Å². The summed E-state index contributed by atoms with van der Waals surface area (Å²) in [5, 5.41) is 7.25. The minimum Gasteiger partial charge on any atom is -0.457 e. The predicted molar refractivity (Wildman–Crippen MR) is 368 cm³/mol. The van der Waals surface area contributed by atoms with Crippen molar-refractivity contribution in [3.63, 3.8) is 0 Å². The molecule has 0 saturated heterocycles. The lowest BCUT2D eigenvalue weighted by Crippen LogP contribution is -2.33. The van der Waals surface area contributed by atoms with Crippen LogP contribution in [0.2, 0.25) is 0 Å². The summed E-state index contributed by atoms with van der Waals surface area (Å²) in [7, 11) is 0. The lowest BCUT2D eigenvalue weighted by atomic mass is 9.65. The minimum absolute atomic E-state index is 0.0365. The molecule has 12 aromatic carbocycles. The molecule has 0 radical (unpaired) electrons. The van der Waals surface area contributed by atoms with Crippen molar-refractivity contribution in [2.75, 3.05) is 0 Å². The van der Waals surface area contributed by atoms with Crippen LogP contribution < -0.4 is 4.74 Å². The SMILES string of the molecule is c1ccc2c(c1)-c1ccccc1C2c1cnc2c(c1)C1(c3ccc(-n4c5ccccc5c5ccccc54)cc3Oc3cc(-n4c5ccccc5c5cc(-n6c7ccccc7c7ccccc76)ccc54)ccc31)c1cc(C3c4ccccc4-c4ccccc43)cnc1-2. The van der Waals surface area contributed by atoms with Gasteiger partial charge >= 0.3 is 0 Å². The summed E-state index contributed by atoms with van der Waals surface area (Å²) in [5.74, 6) is 1.49. The number of benzene rings is 12. The zero-order chi connectivity index (χ0) is 59.2. The van der Waals surface area contributed by atoms with Crippen LogP contribution in [0.25, 0.3) is 116 Å². The van der Waals surface area contributed by atoms with E-state index in [0.29, 0.717) is 0 Å². The Labute approximate surface area is 523 Å². The zero-order valence-electron chi connectivity index (χ0n) is 49.1. The van der Waals surface area contributed by atoms with Gasteiger partial charge in [0.25, 0.3) is 0 Å². The molecule has 1 aliphatic heterocycles. The normalized spacial score (nSPS) is 14.0. The Kier molecular flexibility index (Phi) is 9.80. The molecule has 17 aromatic rings. The number of rotatable bonds is 5. The number of hydrogen-bond acceptors (Lipinski definition) is 3. The molecular formula is C85H51N5O. The molecule has 6 heterocycles. The standard InChI is InChI=1S/C85H51N5O/c1-5-28-64-55(19-1)56-20-2-6-29-65(56)81(64)50-43-71-83(86-48-50)84-72(44-51(49-87-84)82-66-30-7-3-21-57(66)58-22-4-8-31-67(58)82)85(71)69-40-37-53(89-75-34-16-11-25-61(75)62-26-12-17-35-76(62)89)46-79(69)91-80-47-54(38-41-70(80)85)90-77-36-18-13-27-63(77)68-45-52(39-42-78(68)90)88-73-32-14-9-23-59(73)60-24-10-15-33-74(60)88/h1-49,81-82H. The van der Waals surface area contributed by atoms with Crippen molar-refractivity contribution in [1.29, 1.82) is 0 Å². The maximum Gasteiger partial charge on any atom is 0.134 e. The van der Waals surface area contributed by atoms with Crippen molar-refractivity contribution >= 4 is 65.4 Å². The highest BCUT2D eigenvalue weighted by atomic mass is 16.5. The van der Waals surface area contributed by atoms with Gasteiger partial charge in [-0.3, -0.25) is 9.97 Å². The fourth-order valence-electron chi connectivity index (χ4n) is 17.1. The van der Waals surface area contributed by atoms with E-state index < -0.39 is 5.41 Å². The number of fused-ring (bicyclic) bond motifs is 24. The van der Waals surface area contributed by atoms with Gasteiger partial charge in [-0.25, -0.2) is 0 Å². The summed E-state index contributed by atoms with van der Waals surface area (Å²) >= 11 is 0. The van der Waals surface area contributed by atoms with Crippen LogP contribution in [-0.4, -0.2) is 23.7 Å². The molecule has 6 heteroatoms. The summed E-state index contributed by atoms with van der Waals surface area (Å²) in [4.78, 5) is 11.4. The van der Waals surface area contributed by atoms with E-state index in [4.69, 9.17) is 14.7 Å². The quantitative estimate of drug-likeness (QED) is 0.173. The largest absolute Gasteiger partial charge is 0.457 e. The Balaban J connectivity index is 0.839. The molecule has 0 N–H and O–H groups in total. The molecule has 21 rings (SSSR count). The average Bonchev–Trinajstić information content (AvgIpc) is 1.58. The molecule has 0 unspecified atom stereocenters. The van der Waals surface area contributed by atoms with Crippen LogP contribution in [-0.2, 0) is 5.41 Å². The summed E-state index contributed by atoms with van der Waals surface area (Å²) in [6.45, 7) is 0. The first-order valence-electron chi connectivity index (χ1n) is 31.5. The molecule has 3 aliphatic carbocycles. The lowest BCUT2D eigenvalue weighted by Gasteiger charge is -2.40. The van der Waals surface area contributed by atoms with Crippen LogP contribution in [0.1, 0.15) is 67.5 Å². The number of pyridine rings is 2. The van der Waals surface area contributed by atoms with Crippen molar-refractivity contribution in [3.8, 4) is 62.2 Å². The Bertz CT molecular complexity index is 5710. The van der Waals surface area contributed by atoms with Gasteiger partial charge in [0.2, 0.25) is 0 Å². The monoisotopic (exact) mass is 1160 g/mol. The van der Waals surface area contributed by atoms with E-state index in [1.165, 1.54) is 87.9 Å². The highest BCUT2D eigenvalue weighted by molar-refractivity contribution is 6.13. The second kappa shape index (κ2) is 18.1. The average molecular weight is 1160 g/mol. The highest BCUT2D eigenvalue weighted by Gasteiger charge is 2.54. The summed E-state index contributed by atoms with van der Waals surface area (Å²) in [6.07, 6.45) is 4.27. The first-order valence-corrected chi connectivity index (χ1v) is 31.5. The summed E-state index contributed by atoms with van der Waals surface area (Å²) in [5.41, 5.74) is 27.6. The lowest BCUT2D eigenvalue weighted by molar-refractivity contribution is 0.435. The molecule has 1 spiro atoms. The van der Waals surface area contributed by atoms with Gasteiger partial charge in [0.05, 0.1) is 49.9 Å². The fourth-order valence-corrected chi connectivity index (χ4v) is 17.1. The molecule has 0 amide bonds. The van der Waals surface area contributed by atoms with Gasteiger partial charge in [-0.15, -0.1) is 0 Å². The maximum absolute atomic E-state index is 7.74. The molecule has 0 fully saturated rings. The third-order valence-corrected chi connectivity index (χ3v) is 20.7. The highest BCUT2D eigenvalue weighted by Crippen LogP contribution is 2.64. The molecule has 422 valence electrons. The molecule has 0 atom stereocenters. The Morgan fingerprint density at radius 2 is 0.582 bits per heavy atom. The van der Waals surface area contributed by atoms with Crippen molar-refractivity contribution in [2.45, 2.75) is 17.3 Å². The molecule has 5 aromatic heterocycles. The van der Waals surface area contributed by atoms with Gasteiger partial charge in [0.15, 0.2) is 0 Å². The number of nitrogens with zero attached hydrogens (tertiary/aromatic N) is 5. The van der Waals surface area contributed by atoms with E-state index in [0.717, 1.165) is 95.4 Å². The molecule has 6 nitrogen and oxygen atoms in total. The Morgan fingerprint density at radius 3 is 0.967 bits per heavy atom. The number of para-hydroxylation sites is 5. The van der Waals surface area contributed by atoms with E-state index in [9.17, 15) is 0 Å². The second-order valence-electron chi connectivity index (χ2n) is 25.1. The van der Waals surface area contributed by atoms with Crippen LogP contribution in [0.4, 0.5) is 0 Å². The molecule has 0 saturated carbocycles. The number of aromatic nitrogens is 5. The first kappa shape index (κ1) is 49.2. The topological polar surface area (TPSA) is 49.8 Å². The smallest absolute Gasteiger partial charge is 0.134 e. The predicted octanol–water partition coefficient (Wildman–Crippen LogP) is 20.6. The van der Waals surface area contributed by atoms with Gasteiger partial charge in [-0.1, -0.05) is 200 Å². The number of ether oxygens (including phenoxy) is 1. The molecule has 91 heavy (non-hydrogen) atoms. The van der Waals surface area contributed by atoms with E-state index in [1.54, 1.807) is 0 Å². The van der Waals surface area contributed by atoms with Crippen molar-refractivity contribution in [1.82, 2.24) is 23.7 Å². The van der Waals surface area contributed by atoms with Crippen LogP contribution in [0.15, 0.2) is 298 Å². The van der Waals surface area contributed by atoms with Gasteiger partial charge in [0.1, 0.15) is 11.5 Å². The van der Waals surface area contributed by atoms with Gasteiger partial charge in [-0.2, -0.15) is 0 Å². The van der Waals surface area contributed by atoms with Gasteiger partial charge in [0, 0.05) is 108 Å². The van der Waals surface area contributed by atoms with Crippen molar-refractivity contribution in [2.24, 2.45) is 0 Å². The summed E-state index contributed by atoms with van der Waals surface area (Å²) < 4.78 is 15.0. The molecule has 4 aliphatic rings. The van der Waals surface area contributed by atoms with Crippen LogP contribution in [0.3, 0.4) is 0 Å². The fraction of sp³-hybridized carbons (Fsp3) is 0.0353. The van der Waals surface area contributed by atoms with Gasteiger partial charge < -0.3 is 18.4 Å².